The van der Waals surface area contributed by atoms with Gasteiger partial charge in [-0.25, -0.2) is 33.6 Å². The lowest BCUT2D eigenvalue weighted by atomic mass is 9.93. The van der Waals surface area contributed by atoms with E-state index in [1.165, 1.54) is 50.5 Å². The summed E-state index contributed by atoms with van der Waals surface area (Å²) >= 11 is 37.1. The summed E-state index contributed by atoms with van der Waals surface area (Å²) in [6, 6.07) is 26.5. The zero-order valence-electron chi connectivity index (χ0n) is 75.2. The van der Waals surface area contributed by atoms with Crippen molar-refractivity contribution in [1.82, 2.24) is 19.6 Å². The second-order valence-corrected chi connectivity index (χ2v) is 36.6. The van der Waals surface area contributed by atoms with E-state index in [0.29, 0.717) is 150 Å². The van der Waals surface area contributed by atoms with Gasteiger partial charge in [0, 0.05) is 101 Å². The minimum Gasteiger partial charge on any atom is -0.465 e. The Bertz CT molecular complexity index is 4720. The predicted molar refractivity (Wildman–Crippen MR) is 482 cm³/mol. The summed E-state index contributed by atoms with van der Waals surface area (Å²) in [4.78, 5) is 113. The molecule has 5 aliphatic rings. The first kappa shape index (κ1) is 109. The maximum Gasteiger partial charge on any atom is 0.418 e. The molecule has 710 valence electrons. The monoisotopic (exact) mass is 1920 g/mol. The quantitative estimate of drug-likeness (QED) is 0.0653. The number of methoxy groups -OCH3 is 3. The fraction of sp³-hybridized carbons (Fsp3) is 0.516. The number of esters is 3. The lowest BCUT2D eigenvalue weighted by molar-refractivity contribution is -0.206. The maximum absolute atomic E-state index is 12.9. The van der Waals surface area contributed by atoms with Gasteiger partial charge in [0.1, 0.15) is 28.7 Å². The number of benzene rings is 6. The average Bonchev–Trinajstić information content (AvgIpc) is 1.81. The lowest BCUT2D eigenvalue weighted by Crippen LogP contribution is -2.40. The Morgan fingerprint density at radius 3 is 1.09 bits per heavy atom. The Labute approximate surface area is 781 Å². The second kappa shape index (κ2) is 51.4. The van der Waals surface area contributed by atoms with Gasteiger partial charge in [-0.1, -0.05) is 94.2 Å². The number of ether oxygens (including phenoxy) is 12. The van der Waals surface area contributed by atoms with Gasteiger partial charge in [-0.05, 0) is 252 Å². The van der Waals surface area contributed by atoms with Crippen LogP contribution in [0, 0.1) is 0 Å². The molecule has 5 fully saturated rings. The lowest BCUT2D eigenvalue weighted by Gasteiger charge is -2.32. The number of carbonyl (C=O) groups excluding carboxylic acids is 9. The van der Waals surface area contributed by atoms with Crippen molar-refractivity contribution < 1.29 is 123 Å². The van der Waals surface area contributed by atoms with Crippen molar-refractivity contribution in [2.45, 2.75) is 199 Å². The summed E-state index contributed by atoms with van der Waals surface area (Å²) in [6.45, 7) is 28.0. The van der Waals surface area contributed by atoms with Gasteiger partial charge in [0.05, 0.1) is 107 Å². The topological polar surface area (TPSA) is 318 Å². The van der Waals surface area contributed by atoms with Crippen LogP contribution in [0.2, 0.25) is 30.1 Å². The zero-order valence-corrected chi connectivity index (χ0v) is 79.8. The van der Waals surface area contributed by atoms with Crippen molar-refractivity contribution in [3.05, 3.63) is 206 Å². The van der Waals surface area contributed by atoms with Crippen molar-refractivity contribution >= 4 is 124 Å². The molecule has 5 saturated heterocycles. The molecule has 4 amide bonds. The Morgan fingerprint density at radius 2 is 0.721 bits per heavy atom. The number of amides is 4. The van der Waals surface area contributed by atoms with Crippen LogP contribution in [0.4, 0.5) is 32.3 Å². The van der Waals surface area contributed by atoms with Crippen molar-refractivity contribution in [3.63, 3.8) is 0 Å². The largest absolute Gasteiger partial charge is 0.465 e. The van der Waals surface area contributed by atoms with Crippen LogP contribution in [0.1, 0.15) is 255 Å². The molecule has 0 spiro atoms. The molecule has 6 atom stereocenters. The molecular formula is C93H117Cl6F3N4O23. The number of rotatable bonds is 12. The molecular weight excluding hydrogens is 1810 g/mol. The molecule has 0 aromatic heterocycles. The number of hydrogen-bond acceptors (Lipinski definition) is 23. The van der Waals surface area contributed by atoms with Crippen molar-refractivity contribution in [2.75, 3.05) is 114 Å². The van der Waals surface area contributed by atoms with E-state index in [4.69, 9.17) is 122 Å². The Kier molecular flexibility index (Phi) is 43.5. The van der Waals surface area contributed by atoms with E-state index in [1.807, 2.05) is 74.4 Å². The summed E-state index contributed by atoms with van der Waals surface area (Å²) in [5.41, 5.74) is 3.30. The SMILES string of the molecule is CC(C)(C)OC(=O)N1CCCOCC1c1cc(C(O)C(F)(F)F)ccc1Cl.CC(C)(C)OC(=O)N1CCCOCC1c1cc(C=O)ccc1Cl.CC(C)(C)OC(=O)N1CCCOCC1c1cc(CO)ccc1Cl.COC(=O)c1ccc(Cl)c(C2CCCCOC2)c1.COC(=O)c1ccc(Cl)c(C2COCCCN2C(=O)OC(C)(C)C)c1.COC(=O)c1ccc(Cl)c(C=O)c1. The summed E-state index contributed by atoms with van der Waals surface area (Å²) in [7, 11) is 3.97. The average molecular weight is 1930 g/mol. The van der Waals surface area contributed by atoms with Gasteiger partial charge in [0.15, 0.2) is 12.4 Å². The molecule has 6 unspecified atom stereocenters. The van der Waals surface area contributed by atoms with Crippen LogP contribution >= 0.6 is 69.6 Å². The Morgan fingerprint density at radius 1 is 0.403 bits per heavy atom. The van der Waals surface area contributed by atoms with Crippen LogP contribution in [-0.4, -0.2) is 227 Å². The molecule has 0 radical (unpaired) electrons. The first-order valence-corrected chi connectivity index (χ1v) is 44.1. The van der Waals surface area contributed by atoms with E-state index in [-0.39, 0.29) is 71.6 Å². The molecule has 0 saturated carbocycles. The van der Waals surface area contributed by atoms with Crippen LogP contribution in [0.3, 0.4) is 0 Å². The number of aliphatic hydroxyl groups is 2. The normalized spacial score (nSPS) is 18.4. The van der Waals surface area contributed by atoms with Crippen molar-refractivity contribution in [3.8, 4) is 0 Å². The molecule has 129 heavy (non-hydrogen) atoms. The Hall–Kier alpha value is -8.60. The molecule has 6 aromatic carbocycles. The van der Waals surface area contributed by atoms with E-state index < -0.39 is 77.0 Å². The summed E-state index contributed by atoms with van der Waals surface area (Å²) in [5, 5.41) is 21.6. The predicted octanol–water partition coefficient (Wildman–Crippen LogP) is 21.2. The van der Waals surface area contributed by atoms with E-state index in [2.05, 4.69) is 4.74 Å². The molecule has 0 bridgehead atoms. The van der Waals surface area contributed by atoms with Crippen LogP contribution in [0.25, 0.3) is 0 Å². The highest BCUT2D eigenvalue weighted by atomic mass is 35.5. The Balaban J connectivity index is 0.000000241. The minimum absolute atomic E-state index is 0.0600. The highest BCUT2D eigenvalue weighted by Crippen LogP contribution is 2.41. The van der Waals surface area contributed by atoms with Crippen molar-refractivity contribution in [2.24, 2.45) is 0 Å². The maximum atomic E-state index is 12.9. The van der Waals surface area contributed by atoms with Gasteiger partial charge < -0.3 is 67.1 Å². The summed E-state index contributed by atoms with van der Waals surface area (Å²) < 4.78 is 102. The standard InChI is InChI=1S/C18H23ClF3NO4.C18H24ClNO5.C17H24ClNO4.C17H22ClNO4.C14H17ClO3.C9H7ClO3/c1-17(2,3)27-16(25)23-7-4-8-26-10-14(23)12-9-11(5-6-13(12)19)15(24)18(20,21)22;1-18(2,3)25-17(22)20-8-5-9-24-11-15(20)13-10-12(16(21)23-4)6-7-14(13)19;2*1-17(2,3)23-16(21)19-7-4-8-22-11-15(19)13-9-12(10-20)5-6-14(13)18;1-17-14(16)10-5-6-13(15)12(8-10)11-4-2-3-7-18-9-11;1-13-9(12)6-2-3-8(10)7(4-6)5-11/h5-6,9,14-15,24H,4,7-8,10H2,1-3H3;6-7,10,15H,5,8-9,11H2,1-4H3;5-6,9,15,20H,4,7-8,10-11H2,1-3H3;5-6,9-10,15H,4,7-8,11H2,1-3H3;5-6,8,11H,2-4,7,9H2,1H3;2-5H,1H3. The first-order valence-electron chi connectivity index (χ1n) is 41.8. The van der Waals surface area contributed by atoms with Crippen molar-refractivity contribution in [1.29, 1.82) is 0 Å². The highest BCUT2D eigenvalue weighted by molar-refractivity contribution is 6.34. The molecule has 5 heterocycles. The van der Waals surface area contributed by atoms with Gasteiger partial charge >= 0.3 is 48.5 Å². The van der Waals surface area contributed by atoms with Crippen LogP contribution < -0.4 is 0 Å². The fourth-order valence-electron chi connectivity index (χ4n) is 13.5. The van der Waals surface area contributed by atoms with Gasteiger partial charge in [-0.2, -0.15) is 13.2 Å². The number of aldehydes is 2. The molecule has 27 nitrogen and oxygen atoms in total. The number of aliphatic hydroxyl groups excluding tert-OH is 2. The molecule has 36 heteroatoms. The van der Waals surface area contributed by atoms with E-state index in [9.17, 15) is 66.5 Å². The minimum atomic E-state index is -4.81. The molecule has 2 N–H and O–H groups in total. The van der Waals surface area contributed by atoms with Gasteiger partial charge in [-0.15, -0.1) is 0 Å². The third-order valence-electron chi connectivity index (χ3n) is 19.6. The number of hydrogen-bond donors (Lipinski definition) is 2. The molecule has 5 aliphatic heterocycles. The van der Waals surface area contributed by atoms with Crippen LogP contribution in [-0.2, 0) is 63.4 Å². The van der Waals surface area contributed by atoms with Crippen LogP contribution in [0.5, 0.6) is 0 Å². The number of alkyl halides is 3. The zero-order chi connectivity index (χ0) is 95.9. The summed E-state index contributed by atoms with van der Waals surface area (Å²) in [6.07, 6.45) is -1.93. The van der Waals surface area contributed by atoms with E-state index in [0.717, 1.165) is 73.8 Å². The second-order valence-electron chi connectivity index (χ2n) is 34.2. The van der Waals surface area contributed by atoms with Gasteiger partial charge in [-0.3, -0.25) is 29.2 Å². The number of nitrogens with zero attached hydrogens (tertiary/aromatic N) is 4. The molecule has 0 aliphatic carbocycles. The summed E-state index contributed by atoms with van der Waals surface area (Å²) in [5.74, 6) is -1.01. The van der Waals surface area contributed by atoms with E-state index in [1.54, 1.807) is 96.1 Å². The number of carbonyl (C=O) groups is 9. The van der Waals surface area contributed by atoms with Gasteiger partial charge in [0.25, 0.3) is 0 Å². The number of halogens is 9. The third kappa shape index (κ3) is 35.1. The van der Waals surface area contributed by atoms with E-state index >= 15 is 0 Å². The van der Waals surface area contributed by atoms with Gasteiger partial charge in [0.2, 0.25) is 0 Å². The van der Waals surface area contributed by atoms with Crippen LogP contribution in [0.15, 0.2) is 109 Å². The smallest absolute Gasteiger partial charge is 0.418 e. The first-order chi connectivity index (χ1) is 60.7. The molecule has 11 rings (SSSR count). The highest BCUT2D eigenvalue weighted by Gasteiger charge is 2.42. The molecule has 6 aromatic rings. The third-order valence-corrected chi connectivity index (χ3v) is 21.6. The fourth-order valence-corrected chi connectivity index (χ4v) is 14.9.